The molecule has 0 radical (unpaired) electrons. The number of ketones is 2. The van der Waals surface area contributed by atoms with Crippen LogP contribution in [0.2, 0.25) is 0 Å². The fourth-order valence-electron chi connectivity index (χ4n) is 6.14. The summed E-state index contributed by atoms with van der Waals surface area (Å²) in [5, 5.41) is 0. The molecule has 5 atom stereocenters. The van der Waals surface area contributed by atoms with Crippen molar-refractivity contribution in [2.75, 3.05) is 14.2 Å². The zero-order valence-electron chi connectivity index (χ0n) is 16.6. The van der Waals surface area contributed by atoms with Crippen LogP contribution in [0.3, 0.4) is 0 Å². The molecule has 1 fully saturated rings. The normalized spacial score (nSPS) is 30.7. The van der Waals surface area contributed by atoms with Crippen molar-refractivity contribution < 1.29 is 28.7 Å². The van der Waals surface area contributed by atoms with Crippen molar-refractivity contribution in [2.24, 2.45) is 23.2 Å². The first kappa shape index (κ1) is 18.7. The first-order valence-electron chi connectivity index (χ1n) is 9.89. The van der Waals surface area contributed by atoms with Crippen LogP contribution in [-0.4, -0.2) is 37.7 Å². The summed E-state index contributed by atoms with van der Waals surface area (Å²) in [6.45, 7) is 0. The van der Waals surface area contributed by atoms with Gasteiger partial charge in [0.15, 0.2) is 11.6 Å². The van der Waals surface area contributed by atoms with Crippen molar-refractivity contribution in [3.8, 4) is 0 Å². The van der Waals surface area contributed by atoms with Crippen molar-refractivity contribution >= 4 is 23.5 Å². The molecular formula is C24H20O6. The van der Waals surface area contributed by atoms with E-state index in [-0.39, 0.29) is 18.0 Å². The smallest absolute Gasteiger partial charge is 0.310 e. The summed E-state index contributed by atoms with van der Waals surface area (Å²) in [4.78, 5) is 53.5. The molecule has 3 aliphatic carbocycles. The summed E-state index contributed by atoms with van der Waals surface area (Å²) < 4.78 is 10.2. The highest BCUT2D eigenvalue weighted by atomic mass is 16.5. The quantitative estimate of drug-likeness (QED) is 0.715. The molecule has 0 unspecified atom stereocenters. The highest BCUT2D eigenvalue weighted by molar-refractivity contribution is 6.14. The molecule has 0 bridgehead atoms. The van der Waals surface area contributed by atoms with Gasteiger partial charge in [-0.2, -0.15) is 0 Å². The predicted molar refractivity (Wildman–Crippen MR) is 105 cm³/mol. The Bertz CT molecular complexity index is 1120. The molecule has 0 amide bonds. The maximum atomic E-state index is 13.8. The molecule has 30 heavy (non-hydrogen) atoms. The lowest BCUT2D eigenvalue weighted by Gasteiger charge is -2.34. The number of fused-ring (bicyclic) bond motifs is 4. The summed E-state index contributed by atoms with van der Waals surface area (Å²) in [5.74, 6) is -5.19. The zero-order chi connectivity index (χ0) is 21.2. The molecule has 0 aliphatic heterocycles. The molecule has 6 heteroatoms. The maximum absolute atomic E-state index is 13.8. The Morgan fingerprint density at radius 3 is 2.03 bits per heavy atom. The van der Waals surface area contributed by atoms with E-state index in [9.17, 15) is 19.2 Å². The molecule has 6 nitrogen and oxygen atoms in total. The number of rotatable bonds is 2. The van der Waals surface area contributed by atoms with Crippen molar-refractivity contribution in [1.29, 1.82) is 0 Å². The number of Topliss-reactive ketones (excluding diaryl/α,β-unsaturated/α-hetero) is 2. The fraction of sp³-hybridized carbons (Fsp3) is 0.333. The Hall–Kier alpha value is -3.28. The van der Waals surface area contributed by atoms with Gasteiger partial charge in [-0.25, -0.2) is 0 Å². The number of hydrogen-bond donors (Lipinski definition) is 0. The number of ether oxygens (including phenoxy) is 2. The SMILES string of the molecule is COC(=O)[C@@H]1[C@H]2c3ccccc3C(=O)[C@H]2[C@H](C(=O)OC)[C@]12Cc1ccccc1C2=O. The maximum Gasteiger partial charge on any atom is 0.310 e. The monoisotopic (exact) mass is 404 g/mol. The van der Waals surface area contributed by atoms with Crippen molar-refractivity contribution in [1.82, 2.24) is 0 Å². The van der Waals surface area contributed by atoms with Gasteiger partial charge in [-0.05, 0) is 17.5 Å². The van der Waals surface area contributed by atoms with Gasteiger partial charge >= 0.3 is 11.9 Å². The van der Waals surface area contributed by atoms with Crippen LogP contribution in [0.5, 0.6) is 0 Å². The first-order valence-corrected chi connectivity index (χ1v) is 9.89. The molecule has 3 aliphatic rings. The summed E-state index contributed by atoms with van der Waals surface area (Å²) >= 11 is 0. The van der Waals surface area contributed by atoms with Gasteiger partial charge in [0, 0.05) is 23.0 Å². The fourth-order valence-corrected chi connectivity index (χ4v) is 6.14. The lowest BCUT2D eigenvalue weighted by Crippen LogP contribution is -2.47. The van der Waals surface area contributed by atoms with Crippen LogP contribution in [0.1, 0.15) is 37.8 Å². The molecular weight excluding hydrogens is 384 g/mol. The van der Waals surface area contributed by atoms with Crippen LogP contribution in [0, 0.1) is 23.2 Å². The minimum atomic E-state index is -1.40. The minimum Gasteiger partial charge on any atom is -0.469 e. The van der Waals surface area contributed by atoms with Gasteiger partial charge < -0.3 is 9.47 Å². The third-order valence-corrected chi connectivity index (χ3v) is 7.18. The summed E-state index contributed by atoms with van der Waals surface area (Å²) in [5.41, 5.74) is 1.04. The van der Waals surface area contributed by atoms with Crippen LogP contribution >= 0.6 is 0 Å². The van der Waals surface area contributed by atoms with Crippen LogP contribution in [0.25, 0.3) is 0 Å². The number of carbonyl (C=O) groups excluding carboxylic acids is 4. The average Bonchev–Trinajstić information content (AvgIpc) is 3.34. The standard InChI is InChI=1S/C24H20O6/c1-29-22(27)18-16-14-9-5-6-10-15(14)20(25)17(16)19(23(28)30-2)24(18)11-12-7-3-4-8-13(12)21(24)26/h3-10,16-19H,11H2,1-2H3/t16-,17+,18-,19+,24-/m0/s1. The topological polar surface area (TPSA) is 86.7 Å². The predicted octanol–water partition coefficient (Wildman–Crippen LogP) is 2.60. The molecule has 1 saturated carbocycles. The van der Waals surface area contributed by atoms with Crippen LogP contribution in [0.4, 0.5) is 0 Å². The van der Waals surface area contributed by atoms with E-state index in [1.807, 2.05) is 12.1 Å². The van der Waals surface area contributed by atoms with Gasteiger partial charge in [-0.15, -0.1) is 0 Å². The van der Waals surface area contributed by atoms with E-state index in [0.29, 0.717) is 16.7 Å². The summed E-state index contributed by atoms with van der Waals surface area (Å²) in [6.07, 6.45) is 0.198. The number of methoxy groups -OCH3 is 2. The second-order valence-electron chi connectivity index (χ2n) is 8.21. The van der Waals surface area contributed by atoms with Crippen molar-refractivity contribution in [2.45, 2.75) is 12.3 Å². The van der Waals surface area contributed by atoms with E-state index in [1.54, 1.807) is 36.4 Å². The Kier molecular flexibility index (Phi) is 3.97. The van der Waals surface area contributed by atoms with Gasteiger partial charge in [0.1, 0.15) is 0 Å². The zero-order valence-corrected chi connectivity index (χ0v) is 16.6. The van der Waals surface area contributed by atoms with Gasteiger partial charge in [0.25, 0.3) is 0 Å². The largest absolute Gasteiger partial charge is 0.469 e. The molecule has 1 spiro atoms. The molecule has 5 rings (SSSR count). The van der Waals surface area contributed by atoms with Gasteiger partial charge in [0.2, 0.25) is 0 Å². The first-order chi connectivity index (χ1) is 14.5. The van der Waals surface area contributed by atoms with Crippen molar-refractivity contribution in [3.63, 3.8) is 0 Å². The number of hydrogen-bond acceptors (Lipinski definition) is 6. The molecule has 0 heterocycles. The minimum absolute atomic E-state index is 0.198. The van der Waals surface area contributed by atoms with Crippen LogP contribution < -0.4 is 0 Å². The van der Waals surface area contributed by atoms with E-state index in [0.717, 1.165) is 5.56 Å². The number of benzene rings is 2. The molecule has 0 saturated heterocycles. The average molecular weight is 404 g/mol. The van der Waals surface area contributed by atoms with Crippen LogP contribution in [0.15, 0.2) is 48.5 Å². The Labute approximate surface area is 173 Å². The highest BCUT2D eigenvalue weighted by Crippen LogP contribution is 2.66. The molecule has 0 aromatic heterocycles. The Morgan fingerprint density at radius 1 is 0.833 bits per heavy atom. The Balaban J connectivity index is 1.80. The molecule has 0 N–H and O–H groups in total. The van der Waals surface area contributed by atoms with Gasteiger partial charge in [-0.3, -0.25) is 19.2 Å². The number of carbonyl (C=O) groups is 4. The molecule has 152 valence electrons. The molecule has 2 aromatic rings. The third kappa shape index (κ3) is 2.08. The summed E-state index contributed by atoms with van der Waals surface area (Å²) in [6, 6.07) is 14.2. The third-order valence-electron chi connectivity index (χ3n) is 7.18. The van der Waals surface area contributed by atoms with E-state index < -0.39 is 41.0 Å². The second-order valence-corrected chi connectivity index (χ2v) is 8.21. The summed E-state index contributed by atoms with van der Waals surface area (Å²) in [7, 11) is 2.52. The van der Waals surface area contributed by atoms with E-state index in [2.05, 4.69) is 0 Å². The van der Waals surface area contributed by atoms with E-state index >= 15 is 0 Å². The molecule has 2 aromatic carbocycles. The second kappa shape index (κ2) is 6.36. The van der Waals surface area contributed by atoms with Crippen LogP contribution in [-0.2, 0) is 25.5 Å². The van der Waals surface area contributed by atoms with E-state index in [1.165, 1.54) is 14.2 Å². The van der Waals surface area contributed by atoms with Crippen molar-refractivity contribution in [3.05, 3.63) is 70.8 Å². The lowest BCUT2D eigenvalue weighted by atomic mass is 9.66. The van der Waals surface area contributed by atoms with Gasteiger partial charge in [-0.1, -0.05) is 48.5 Å². The van der Waals surface area contributed by atoms with E-state index in [4.69, 9.17) is 9.47 Å². The van der Waals surface area contributed by atoms with Gasteiger partial charge in [0.05, 0.1) is 31.5 Å². The lowest BCUT2D eigenvalue weighted by molar-refractivity contribution is -0.153. The highest BCUT2D eigenvalue weighted by Gasteiger charge is 2.74. The number of esters is 2. The Morgan fingerprint density at radius 2 is 1.40 bits per heavy atom.